The van der Waals surface area contributed by atoms with E-state index in [1.165, 1.54) is 11.1 Å². The van der Waals surface area contributed by atoms with E-state index >= 15 is 0 Å². The Balaban J connectivity index is 2.20. The zero-order valence-corrected chi connectivity index (χ0v) is 12.7. The molecule has 0 saturated heterocycles. The molecule has 1 aromatic heterocycles. The van der Waals surface area contributed by atoms with Crippen molar-refractivity contribution >= 4 is 15.9 Å². The summed E-state index contributed by atoms with van der Waals surface area (Å²) in [4.78, 5) is 0. The lowest BCUT2D eigenvalue weighted by molar-refractivity contribution is 0.411. The summed E-state index contributed by atoms with van der Waals surface area (Å²) < 4.78 is 11.4. The van der Waals surface area contributed by atoms with Crippen molar-refractivity contribution in [2.75, 3.05) is 13.7 Å². The van der Waals surface area contributed by atoms with Gasteiger partial charge in [0.15, 0.2) is 0 Å². The first-order chi connectivity index (χ1) is 9.24. The second kappa shape index (κ2) is 6.78. The van der Waals surface area contributed by atoms with E-state index in [1.807, 2.05) is 12.1 Å². The van der Waals surface area contributed by atoms with Gasteiger partial charge in [-0.15, -0.1) is 0 Å². The lowest BCUT2D eigenvalue weighted by atomic mass is 10.0. The summed E-state index contributed by atoms with van der Waals surface area (Å²) in [5, 5.41) is 3.50. The van der Waals surface area contributed by atoms with Gasteiger partial charge in [-0.25, -0.2) is 0 Å². The molecule has 0 aliphatic heterocycles. The SMILES string of the molecule is CCNC(Cc1ccoc1)c1ccc(OC)c(Br)c1. The highest BCUT2D eigenvalue weighted by atomic mass is 79.9. The third kappa shape index (κ3) is 3.61. The van der Waals surface area contributed by atoms with Crippen LogP contribution < -0.4 is 10.1 Å². The Morgan fingerprint density at radius 1 is 1.37 bits per heavy atom. The average molecular weight is 324 g/mol. The fourth-order valence-corrected chi connectivity index (χ4v) is 2.66. The van der Waals surface area contributed by atoms with Gasteiger partial charge in [0, 0.05) is 6.04 Å². The van der Waals surface area contributed by atoms with Gasteiger partial charge < -0.3 is 14.5 Å². The second-order valence-electron chi connectivity index (χ2n) is 4.34. The summed E-state index contributed by atoms with van der Waals surface area (Å²) in [5.74, 6) is 0.849. The van der Waals surface area contributed by atoms with Crippen LogP contribution in [0.1, 0.15) is 24.1 Å². The number of methoxy groups -OCH3 is 1. The van der Waals surface area contributed by atoms with Crippen LogP contribution in [0.2, 0.25) is 0 Å². The maximum Gasteiger partial charge on any atom is 0.133 e. The summed E-state index contributed by atoms with van der Waals surface area (Å²) in [6, 6.07) is 8.45. The largest absolute Gasteiger partial charge is 0.496 e. The Labute approximate surface area is 122 Å². The van der Waals surface area contributed by atoms with Gasteiger partial charge in [0.05, 0.1) is 24.1 Å². The molecular weight excluding hydrogens is 306 g/mol. The summed E-state index contributed by atoms with van der Waals surface area (Å²) in [6.07, 6.45) is 4.41. The van der Waals surface area contributed by atoms with Gasteiger partial charge in [0.2, 0.25) is 0 Å². The number of ether oxygens (including phenoxy) is 1. The van der Waals surface area contributed by atoms with Crippen LogP contribution in [0, 0.1) is 0 Å². The van der Waals surface area contributed by atoms with Crippen LogP contribution in [-0.4, -0.2) is 13.7 Å². The maximum atomic E-state index is 5.26. The minimum absolute atomic E-state index is 0.268. The molecule has 102 valence electrons. The average Bonchev–Trinajstić information content (AvgIpc) is 2.91. The van der Waals surface area contributed by atoms with Crippen molar-refractivity contribution in [1.82, 2.24) is 5.32 Å². The Morgan fingerprint density at radius 2 is 2.21 bits per heavy atom. The third-order valence-corrected chi connectivity index (χ3v) is 3.67. The van der Waals surface area contributed by atoms with Crippen molar-refractivity contribution in [1.29, 1.82) is 0 Å². The standard InChI is InChI=1S/C15H18BrNO2/c1-3-17-14(8-11-6-7-19-10-11)12-4-5-15(18-2)13(16)9-12/h4-7,9-10,14,17H,3,8H2,1-2H3. The van der Waals surface area contributed by atoms with Crippen molar-refractivity contribution in [2.24, 2.45) is 0 Å². The molecule has 0 aliphatic rings. The Hall–Kier alpha value is -1.26. The molecule has 0 bridgehead atoms. The number of benzene rings is 1. The fraction of sp³-hybridized carbons (Fsp3) is 0.333. The highest BCUT2D eigenvalue weighted by Gasteiger charge is 2.13. The number of hydrogen-bond acceptors (Lipinski definition) is 3. The molecule has 2 rings (SSSR count). The van der Waals surface area contributed by atoms with Crippen molar-refractivity contribution in [3.8, 4) is 5.75 Å². The quantitative estimate of drug-likeness (QED) is 0.874. The van der Waals surface area contributed by atoms with Crippen molar-refractivity contribution < 1.29 is 9.15 Å². The molecule has 0 saturated carbocycles. The lowest BCUT2D eigenvalue weighted by Crippen LogP contribution is -2.22. The molecule has 0 fully saturated rings. The van der Waals surface area contributed by atoms with E-state index in [0.717, 1.165) is 23.2 Å². The fourth-order valence-electron chi connectivity index (χ4n) is 2.10. The van der Waals surface area contributed by atoms with E-state index < -0.39 is 0 Å². The predicted octanol–water partition coefficient (Wildman–Crippen LogP) is 3.94. The summed E-state index contributed by atoms with van der Waals surface area (Å²) >= 11 is 3.53. The first-order valence-electron chi connectivity index (χ1n) is 6.32. The van der Waals surface area contributed by atoms with Crippen molar-refractivity contribution in [3.63, 3.8) is 0 Å². The van der Waals surface area contributed by atoms with Gasteiger partial charge in [-0.2, -0.15) is 0 Å². The second-order valence-corrected chi connectivity index (χ2v) is 5.19. The van der Waals surface area contributed by atoms with Crippen molar-refractivity contribution in [2.45, 2.75) is 19.4 Å². The van der Waals surface area contributed by atoms with Gasteiger partial charge in [-0.05, 0) is 58.2 Å². The van der Waals surface area contributed by atoms with Crippen LogP contribution in [0.3, 0.4) is 0 Å². The topological polar surface area (TPSA) is 34.4 Å². The predicted molar refractivity (Wildman–Crippen MR) is 79.5 cm³/mol. The van der Waals surface area contributed by atoms with E-state index in [1.54, 1.807) is 19.6 Å². The highest BCUT2D eigenvalue weighted by molar-refractivity contribution is 9.10. The van der Waals surface area contributed by atoms with Gasteiger partial charge in [0.25, 0.3) is 0 Å². The molecule has 0 radical (unpaired) electrons. The van der Waals surface area contributed by atoms with Crippen LogP contribution in [0.25, 0.3) is 0 Å². The zero-order chi connectivity index (χ0) is 13.7. The molecular formula is C15H18BrNO2. The molecule has 19 heavy (non-hydrogen) atoms. The Bertz CT molecular complexity index is 511. The molecule has 3 nitrogen and oxygen atoms in total. The third-order valence-electron chi connectivity index (χ3n) is 3.05. The molecule has 4 heteroatoms. The highest BCUT2D eigenvalue weighted by Crippen LogP contribution is 2.29. The van der Waals surface area contributed by atoms with Gasteiger partial charge in [-0.3, -0.25) is 0 Å². The van der Waals surface area contributed by atoms with E-state index in [0.29, 0.717) is 0 Å². The number of likely N-dealkylation sites (N-methyl/N-ethyl adjacent to an activating group) is 1. The first-order valence-corrected chi connectivity index (χ1v) is 7.11. The Kier molecular flexibility index (Phi) is 5.05. The first kappa shape index (κ1) is 14.2. The number of rotatable bonds is 6. The van der Waals surface area contributed by atoms with E-state index in [9.17, 15) is 0 Å². The van der Waals surface area contributed by atoms with E-state index in [4.69, 9.17) is 9.15 Å². The van der Waals surface area contributed by atoms with E-state index in [-0.39, 0.29) is 6.04 Å². The van der Waals surface area contributed by atoms with Crippen LogP contribution in [0.15, 0.2) is 45.7 Å². The van der Waals surface area contributed by atoms with Crippen LogP contribution in [0.4, 0.5) is 0 Å². The normalized spacial score (nSPS) is 12.4. The summed E-state index contributed by atoms with van der Waals surface area (Å²) in [7, 11) is 1.67. The zero-order valence-electron chi connectivity index (χ0n) is 11.2. The minimum atomic E-state index is 0.268. The molecule has 0 amide bonds. The van der Waals surface area contributed by atoms with E-state index in [2.05, 4.69) is 40.3 Å². The molecule has 0 aliphatic carbocycles. The summed E-state index contributed by atoms with van der Waals surface area (Å²) in [6.45, 7) is 3.03. The Morgan fingerprint density at radius 3 is 2.79 bits per heavy atom. The molecule has 1 heterocycles. The van der Waals surface area contributed by atoms with Crippen LogP contribution in [-0.2, 0) is 6.42 Å². The van der Waals surface area contributed by atoms with Gasteiger partial charge in [0.1, 0.15) is 5.75 Å². The monoisotopic (exact) mass is 323 g/mol. The molecule has 1 N–H and O–H groups in total. The number of halogens is 1. The number of furan rings is 1. The lowest BCUT2D eigenvalue weighted by Gasteiger charge is -2.18. The van der Waals surface area contributed by atoms with Gasteiger partial charge >= 0.3 is 0 Å². The minimum Gasteiger partial charge on any atom is -0.496 e. The van der Waals surface area contributed by atoms with Crippen LogP contribution in [0.5, 0.6) is 5.75 Å². The molecule has 1 atom stereocenters. The maximum absolute atomic E-state index is 5.26. The summed E-state index contributed by atoms with van der Waals surface area (Å²) in [5.41, 5.74) is 2.42. The molecule has 2 aromatic rings. The van der Waals surface area contributed by atoms with Gasteiger partial charge in [-0.1, -0.05) is 13.0 Å². The molecule has 0 spiro atoms. The smallest absolute Gasteiger partial charge is 0.133 e. The number of nitrogens with one attached hydrogen (secondary N) is 1. The molecule has 1 aromatic carbocycles. The van der Waals surface area contributed by atoms with Crippen molar-refractivity contribution in [3.05, 3.63) is 52.4 Å². The molecule has 1 unspecified atom stereocenters. The number of hydrogen-bond donors (Lipinski definition) is 1. The van der Waals surface area contributed by atoms with Crippen LogP contribution >= 0.6 is 15.9 Å².